The zero-order valence-electron chi connectivity index (χ0n) is 12.1. The van der Waals surface area contributed by atoms with E-state index in [1.807, 2.05) is 18.2 Å². The van der Waals surface area contributed by atoms with Gasteiger partial charge in [0.15, 0.2) is 0 Å². The maximum absolute atomic E-state index is 9.05. The topological polar surface area (TPSA) is 45.2 Å². The van der Waals surface area contributed by atoms with Crippen LogP contribution in [0.15, 0.2) is 35.4 Å². The first-order valence-corrected chi connectivity index (χ1v) is 7.99. The SMILES string of the molecule is CCNCc1cc2ccccc2nc1SC(C)CCO. The van der Waals surface area contributed by atoms with Crippen molar-refractivity contribution >= 4 is 22.7 Å². The van der Waals surface area contributed by atoms with Crippen LogP contribution < -0.4 is 5.32 Å². The van der Waals surface area contributed by atoms with Crippen LogP contribution in [0.3, 0.4) is 0 Å². The van der Waals surface area contributed by atoms with Crippen LogP contribution in [0.25, 0.3) is 10.9 Å². The molecule has 3 nitrogen and oxygen atoms in total. The molecule has 1 unspecified atom stereocenters. The van der Waals surface area contributed by atoms with Gasteiger partial charge in [-0.2, -0.15) is 0 Å². The Morgan fingerprint density at radius 2 is 2.15 bits per heavy atom. The third-order valence-electron chi connectivity index (χ3n) is 3.18. The molecular formula is C16H22N2OS. The summed E-state index contributed by atoms with van der Waals surface area (Å²) in [5.74, 6) is 0. The van der Waals surface area contributed by atoms with Gasteiger partial charge in [-0.15, -0.1) is 11.8 Å². The van der Waals surface area contributed by atoms with Crippen molar-refractivity contribution in [1.29, 1.82) is 0 Å². The molecule has 108 valence electrons. The minimum atomic E-state index is 0.226. The average Bonchev–Trinajstić information content (AvgIpc) is 2.45. The minimum absolute atomic E-state index is 0.226. The van der Waals surface area contributed by atoms with E-state index in [4.69, 9.17) is 10.1 Å². The zero-order chi connectivity index (χ0) is 14.4. The molecule has 0 radical (unpaired) electrons. The molecule has 0 amide bonds. The summed E-state index contributed by atoms with van der Waals surface area (Å²) in [7, 11) is 0. The molecule has 0 fully saturated rings. The normalized spacial score (nSPS) is 12.8. The predicted octanol–water partition coefficient (Wildman–Crippen LogP) is 3.21. The highest BCUT2D eigenvalue weighted by Crippen LogP contribution is 2.29. The van der Waals surface area contributed by atoms with E-state index in [0.29, 0.717) is 5.25 Å². The lowest BCUT2D eigenvalue weighted by molar-refractivity contribution is 0.289. The van der Waals surface area contributed by atoms with Crippen molar-refractivity contribution in [3.05, 3.63) is 35.9 Å². The monoisotopic (exact) mass is 290 g/mol. The summed E-state index contributed by atoms with van der Waals surface area (Å²) in [6.07, 6.45) is 0.791. The lowest BCUT2D eigenvalue weighted by Gasteiger charge is -2.14. The number of pyridine rings is 1. The number of nitrogens with one attached hydrogen (secondary N) is 1. The third-order valence-corrected chi connectivity index (χ3v) is 4.39. The number of hydrogen-bond acceptors (Lipinski definition) is 4. The lowest BCUT2D eigenvalue weighted by Crippen LogP contribution is -2.13. The molecule has 0 bridgehead atoms. The van der Waals surface area contributed by atoms with Crippen LogP contribution in [-0.2, 0) is 6.54 Å². The highest BCUT2D eigenvalue weighted by atomic mass is 32.2. The number of aliphatic hydroxyl groups excluding tert-OH is 1. The van der Waals surface area contributed by atoms with Gasteiger partial charge in [-0.1, -0.05) is 32.0 Å². The number of thioether (sulfide) groups is 1. The maximum atomic E-state index is 9.05. The fraction of sp³-hybridized carbons (Fsp3) is 0.438. The van der Waals surface area contributed by atoms with Gasteiger partial charge in [0.2, 0.25) is 0 Å². The maximum Gasteiger partial charge on any atom is 0.101 e. The molecule has 1 atom stereocenters. The number of benzene rings is 1. The molecule has 2 rings (SSSR count). The molecule has 0 aliphatic heterocycles. The molecule has 4 heteroatoms. The number of aromatic nitrogens is 1. The van der Waals surface area contributed by atoms with E-state index in [2.05, 4.69) is 31.3 Å². The van der Waals surface area contributed by atoms with E-state index >= 15 is 0 Å². The van der Waals surface area contributed by atoms with E-state index in [-0.39, 0.29) is 6.61 Å². The van der Waals surface area contributed by atoms with Gasteiger partial charge < -0.3 is 10.4 Å². The first-order valence-electron chi connectivity index (χ1n) is 7.11. The first kappa shape index (κ1) is 15.3. The van der Waals surface area contributed by atoms with Crippen LogP contribution in [0.2, 0.25) is 0 Å². The van der Waals surface area contributed by atoms with Crippen molar-refractivity contribution in [3.8, 4) is 0 Å². The van der Waals surface area contributed by atoms with Crippen molar-refractivity contribution in [3.63, 3.8) is 0 Å². The highest BCUT2D eigenvalue weighted by molar-refractivity contribution is 7.99. The Hall–Kier alpha value is -1.10. The van der Waals surface area contributed by atoms with Gasteiger partial charge in [0.25, 0.3) is 0 Å². The summed E-state index contributed by atoms with van der Waals surface area (Å²) in [5.41, 5.74) is 2.27. The Morgan fingerprint density at radius 1 is 1.35 bits per heavy atom. The Labute approximate surface area is 124 Å². The van der Waals surface area contributed by atoms with Crippen molar-refractivity contribution in [1.82, 2.24) is 10.3 Å². The quantitative estimate of drug-likeness (QED) is 0.769. The largest absolute Gasteiger partial charge is 0.396 e. The van der Waals surface area contributed by atoms with Gasteiger partial charge in [-0.25, -0.2) is 4.98 Å². The Morgan fingerprint density at radius 3 is 2.90 bits per heavy atom. The molecule has 2 aromatic rings. The lowest BCUT2D eigenvalue weighted by atomic mass is 10.1. The van der Waals surface area contributed by atoms with Crippen LogP contribution >= 0.6 is 11.8 Å². The number of aliphatic hydroxyl groups is 1. The van der Waals surface area contributed by atoms with Crippen LogP contribution in [0.5, 0.6) is 0 Å². The van der Waals surface area contributed by atoms with E-state index < -0.39 is 0 Å². The smallest absolute Gasteiger partial charge is 0.101 e. The molecule has 2 N–H and O–H groups in total. The molecule has 1 aromatic carbocycles. The number of nitrogens with zero attached hydrogens (tertiary/aromatic N) is 1. The van der Waals surface area contributed by atoms with Crippen molar-refractivity contribution in [2.24, 2.45) is 0 Å². The van der Waals surface area contributed by atoms with Gasteiger partial charge >= 0.3 is 0 Å². The van der Waals surface area contributed by atoms with Crippen molar-refractivity contribution in [2.75, 3.05) is 13.2 Å². The summed E-state index contributed by atoms with van der Waals surface area (Å²) in [6.45, 7) is 6.25. The van der Waals surface area contributed by atoms with Crippen molar-refractivity contribution in [2.45, 2.75) is 37.1 Å². The number of para-hydroxylation sites is 1. The van der Waals surface area contributed by atoms with E-state index in [0.717, 1.165) is 30.1 Å². The number of hydrogen-bond donors (Lipinski definition) is 2. The summed E-state index contributed by atoms with van der Waals surface area (Å²) >= 11 is 1.75. The van der Waals surface area contributed by atoms with Gasteiger partial charge in [-0.3, -0.25) is 0 Å². The van der Waals surface area contributed by atoms with Crippen molar-refractivity contribution < 1.29 is 5.11 Å². The second kappa shape index (κ2) is 7.62. The van der Waals surface area contributed by atoms with E-state index in [9.17, 15) is 0 Å². The van der Waals surface area contributed by atoms with Crippen LogP contribution in [0.4, 0.5) is 0 Å². The molecule has 0 saturated carbocycles. The second-order valence-electron chi connectivity index (χ2n) is 4.87. The van der Waals surface area contributed by atoms with Crippen LogP contribution in [-0.4, -0.2) is 28.5 Å². The Balaban J connectivity index is 2.32. The summed E-state index contributed by atoms with van der Waals surface area (Å²) < 4.78 is 0. The summed E-state index contributed by atoms with van der Waals surface area (Å²) in [4.78, 5) is 4.79. The van der Waals surface area contributed by atoms with Crippen LogP contribution in [0, 0.1) is 0 Å². The van der Waals surface area contributed by atoms with Gasteiger partial charge in [0, 0.05) is 23.8 Å². The molecule has 0 aliphatic carbocycles. The summed E-state index contributed by atoms with van der Waals surface area (Å²) in [5, 5.41) is 15.0. The number of rotatable bonds is 7. The molecular weight excluding hydrogens is 268 g/mol. The third kappa shape index (κ3) is 3.95. The second-order valence-corrected chi connectivity index (χ2v) is 6.29. The van der Waals surface area contributed by atoms with Gasteiger partial charge in [-0.05, 0) is 30.7 Å². The van der Waals surface area contributed by atoms with Gasteiger partial charge in [0.1, 0.15) is 5.03 Å². The minimum Gasteiger partial charge on any atom is -0.396 e. The Kier molecular flexibility index (Phi) is 5.83. The van der Waals surface area contributed by atoms with E-state index in [1.165, 1.54) is 10.9 Å². The molecule has 0 saturated heterocycles. The fourth-order valence-electron chi connectivity index (χ4n) is 2.06. The van der Waals surface area contributed by atoms with Gasteiger partial charge in [0.05, 0.1) is 5.52 Å². The van der Waals surface area contributed by atoms with Crippen LogP contribution in [0.1, 0.15) is 25.8 Å². The standard InChI is InChI=1S/C16H22N2OS/c1-3-17-11-14-10-13-6-4-5-7-15(13)18-16(14)20-12(2)8-9-19/h4-7,10,12,17,19H,3,8-9,11H2,1-2H3. The molecule has 1 aromatic heterocycles. The fourth-order valence-corrected chi connectivity index (χ4v) is 3.10. The Bertz CT molecular complexity index is 559. The molecule has 20 heavy (non-hydrogen) atoms. The molecule has 1 heterocycles. The molecule has 0 spiro atoms. The number of fused-ring (bicyclic) bond motifs is 1. The van der Waals surface area contributed by atoms with E-state index in [1.54, 1.807) is 11.8 Å². The highest BCUT2D eigenvalue weighted by Gasteiger charge is 2.11. The first-order chi connectivity index (χ1) is 9.74. The molecule has 0 aliphatic rings. The average molecular weight is 290 g/mol. The summed E-state index contributed by atoms with van der Waals surface area (Å²) in [6, 6.07) is 10.4. The predicted molar refractivity (Wildman–Crippen MR) is 86.1 cm³/mol. The zero-order valence-corrected chi connectivity index (χ0v) is 12.9.